The first-order chi connectivity index (χ1) is 12.9. The number of hydrogen-bond donors (Lipinski definition) is 5. The summed E-state index contributed by atoms with van der Waals surface area (Å²) in [5, 5.41) is 13.2. The summed E-state index contributed by atoms with van der Waals surface area (Å²) in [6, 6.07) is 5.25. The van der Waals surface area contributed by atoms with Crippen LogP contribution >= 0.6 is 11.3 Å². The van der Waals surface area contributed by atoms with E-state index in [1.165, 1.54) is 18.3 Å². The fraction of sp³-hybridized carbons (Fsp3) is 0.389. The second-order valence-corrected chi connectivity index (χ2v) is 7.00. The Hall–Kier alpha value is -2.65. The third-order valence-electron chi connectivity index (χ3n) is 3.78. The molecule has 1 aromatic carbocycles. The van der Waals surface area contributed by atoms with E-state index >= 15 is 0 Å². The highest BCUT2D eigenvalue weighted by atomic mass is 32.1. The van der Waals surface area contributed by atoms with Gasteiger partial charge in [-0.05, 0) is 44.5 Å². The Balaban J connectivity index is 2.17. The van der Waals surface area contributed by atoms with Crippen LogP contribution in [0.1, 0.15) is 35.8 Å². The standard InChI is InChI=1S/C18H26N6O2S/c1-11-17(20-3)27-18(22-11)24-16(26)14-7-6-13(21-9-5-4-8-19)10-15(14)23-12(2)25/h6-7,10,20-21H,4-5,8-9,19H2,1-3H3,(H,23,25)(H,22,24,26). The fourth-order valence-electron chi connectivity index (χ4n) is 2.49. The first kappa shape index (κ1) is 20.7. The average molecular weight is 391 g/mol. The van der Waals surface area contributed by atoms with E-state index in [0.29, 0.717) is 22.9 Å². The monoisotopic (exact) mass is 390 g/mol. The highest BCUT2D eigenvalue weighted by molar-refractivity contribution is 7.19. The van der Waals surface area contributed by atoms with Crippen molar-refractivity contribution in [1.82, 2.24) is 4.98 Å². The van der Waals surface area contributed by atoms with E-state index < -0.39 is 0 Å². The molecule has 9 heteroatoms. The summed E-state index contributed by atoms with van der Waals surface area (Å²) in [6.07, 6.45) is 1.89. The van der Waals surface area contributed by atoms with Crippen molar-refractivity contribution in [3.05, 3.63) is 29.5 Å². The number of hydrogen-bond acceptors (Lipinski definition) is 7. The van der Waals surface area contributed by atoms with Crippen molar-refractivity contribution in [2.45, 2.75) is 26.7 Å². The van der Waals surface area contributed by atoms with Gasteiger partial charge in [-0.25, -0.2) is 4.98 Å². The summed E-state index contributed by atoms with van der Waals surface area (Å²) < 4.78 is 0. The van der Waals surface area contributed by atoms with E-state index in [4.69, 9.17) is 5.73 Å². The summed E-state index contributed by atoms with van der Waals surface area (Å²) in [6.45, 7) is 4.70. The number of nitrogens with zero attached hydrogens (tertiary/aromatic N) is 1. The van der Waals surface area contributed by atoms with Crippen molar-refractivity contribution in [3.63, 3.8) is 0 Å². The normalized spacial score (nSPS) is 10.4. The van der Waals surface area contributed by atoms with E-state index in [9.17, 15) is 9.59 Å². The lowest BCUT2D eigenvalue weighted by Gasteiger charge is -2.13. The van der Waals surface area contributed by atoms with Crippen molar-refractivity contribution in [1.29, 1.82) is 0 Å². The molecule has 0 radical (unpaired) electrons. The molecule has 146 valence electrons. The number of benzene rings is 1. The zero-order valence-corrected chi connectivity index (χ0v) is 16.6. The van der Waals surface area contributed by atoms with E-state index in [1.54, 1.807) is 19.2 Å². The van der Waals surface area contributed by atoms with Crippen LogP contribution in [-0.2, 0) is 4.79 Å². The maximum Gasteiger partial charge on any atom is 0.259 e. The Labute approximate surface area is 162 Å². The average Bonchev–Trinajstić information content (AvgIpc) is 2.97. The van der Waals surface area contributed by atoms with Crippen molar-refractivity contribution in [3.8, 4) is 0 Å². The van der Waals surface area contributed by atoms with E-state index in [0.717, 1.165) is 35.8 Å². The van der Waals surface area contributed by atoms with Gasteiger partial charge in [0.15, 0.2) is 5.13 Å². The molecule has 8 nitrogen and oxygen atoms in total. The molecule has 1 aromatic heterocycles. The topological polar surface area (TPSA) is 121 Å². The third kappa shape index (κ3) is 5.93. The Morgan fingerprint density at radius 1 is 1.22 bits per heavy atom. The molecule has 1 heterocycles. The Kier molecular flexibility index (Phi) is 7.56. The van der Waals surface area contributed by atoms with Crippen molar-refractivity contribution < 1.29 is 9.59 Å². The Morgan fingerprint density at radius 3 is 2.63 bits per heavy atom. The van der Waals surface area contributed by atoms with Gasteiger partial charge in [-0.15, -0.1) is 0 Å². The van der Waals surface area contributed by atoms with Crippen molar-refractivity contribution in [2.24, 2.45) is 5.73 Å². The number of thiazole rings is 1. The van der Waals surface area contributed by atoms with Crippen molar-refractivity contribution in [2.75, 3.05) is 41.4 Å². The third-order valence-corrected chi connectivity index (χ3v) is 4.87. The number of anilines is 4. The van der Waals surface area contributed by atoms with E-state index in [-0.39, 0.29) is 11.8 Å². The molecule has 0 saturated carbocycles. The van der Waals surface area contributed by atoms with Crippen LogP contribution in [0.5, 0.6) is 0 Å². The number of rotatable bonds is 9. The Bertz CT molecular complexity index is 805. The lowest BCUT2D eigenvalue weighted by molar-refractivity contribution is -0.114. The molecule has 0 unspecified atom stereocenters. The molecule has 27 heavy (non-hydrogen) atoms. The number of unbranched alkanes of at least 4 members (excludes halogenated alkanes) is 1. The van der Waals surface area contributed by atoms with Crippen LogP contribution in [0.3, 0.4) is 0 Å². The summed E-state index contributed by atoms with van der Waals surface area (Å²) in [5.41, 5.74) is 7.96. The molecular weight excluding hydrogens is 364 g/mol. The number of nitrogens with two attached hydrogens (primary N) is 1. The molecule has 0 saturated heterocycles. The van der Waals surface area contributed by atoms with Crippen LogP contribution in [0.15, 0.2) is 18.2 Å². The van der Waals surface area contributed by atoms with Crippen LogP contribution in [0.4, 0.5) is 21.5 Å². The smallest absolute Gasteiger partial charge is 0.259 e. The van der Waals surface area contributed by atoms with Crippen LogP contribution < -0.4 is 27.0 Å². The number of carbonyl (C=O) groups excluding carboxylic acids is 2. The molecule has 0 atom stereocenters. The van der Waals surface area contributed by atoms with E-state index in [2.05, 4.69) is 26.3 Å². The minimum Gasteiger partial charge on any atom is -0.385 e. The second kappa shape index (κ2) is 9.89. The fourth-order valence-corrected chi connectivity index (χ4v) is 3.31. The van der Waals surface area contributed by atoms with Gasteiger partial charge in [0.1, 0.15) is 5.00 Å². The van der Waals surface area contributed by atoms with Gasteiger partial charge in [0.25, 0.3) is 5.91 Å². The molecule has 2 aromatic rings. The maximum atomic E-state index is 12.7. The van der Waals surface area contributed by atoms with E-state index in [1.807, 2.05) is 13.0 Å². The summed E-state index contributed by atoms with van der Waals surface area (Å²) in [5.74, 6) is -0.572. The molecule has 0 spiro atoms. The highest BCUT2D eigenvalue weighted by Gasteiger charge is 2.16. The van der Waals surface area contributed by atoms with Crippen molar-refractivity contribution >= 4 is 44.7 Å². The number of aryl methyl sites for hydroxylation is 1. The summed E-state index contributed by atoms with van der Waals surface area (Å²) in [7, 11) is 1.81. The van der Waals surface area contributed by atoms with Crippen LogP contribution in [0.25, 0.3) is 0 Å². The van der Waals surface area contributed by atoms with Gasteiger partial charge in [0.05, 0.1) is 16.9 Å². The van der Waals surface area contributed by atoms with Gasteiger partial charge in [0.2, 0.25) is 5.91 Å². The first-order valence-electron chi connectivity index (χ1n) is 8.76. The molecular formula is C18H26N6O2S. The molecule has 0 fully saturated rings. The maximum absolute atomic E-state index is 12.7. The lowest BCUT2D eigenvalue weighted by atomic mass is 10.1. The summed E-state index contributed by atoms with van der Waals surface area (Å²) >= 11 is 1.36. The van der Waals surface area contributed by atoms with Crippen LogP contribution in [0.2, 0.25) is 0 Å². The number of aromatic nitrogens is 1. The van der Waals surface area contributed by atoms with Crippen LogP contribution in [0, 0.1) is 6.92 Å². The molecule has 0 aliphatic rings. The zero-order valence-electron chi connectivity index (χ0n) is 15.8. The number of nitrogens with one attached hydrogen (secondary N) is 4. The predicted molar refractivity (Wildman–Crippen MR) is 112 cm³/mol. The molecule has 2 rings (SSSR count). The molecule has 0 aliphatic heterocycles. The zero-order chi connectivity index (χ0) is 19.8. The van der Waals surface area contributed by atoms with Gasteiger partial charge in [-0.2, -0.15) is 0 Å². The first-order valence-corrected chi connectivity index (χ1v) is 9.58. The molecule has 6 N–H and O–H groups in total. The van der Waals surface area contributed by atoms with Gasteiger partial charge in [0, 0.05) is 26.2 Å². The molecule has 0 bridgehead atoms. The van der Waals surface area contributed by atoms with Crippen LogP contribution in [-0.4, -0.2) is 36.9 Å². The van der Waals surface area contributed by atoms with Gasteiger partial charge < -0.3 is 21.7 Å². The molecule has 2 amide bonds. The largest absolute Gasteiger partial charge is 0.385 e. The highest BCUT2D eigenvalue weighted by Crippen LogP contribution is 2.28. The lowest BCUT2D eigenvalue weighted by Crippen LogP contribution is -2.17. The van der Waals surface area contributed by atoms with Gasteiger partial charge in [-0.3, -0.25) is 14.9 Å². The SMILES string of the molecule is CNc1sc(NC(=O)c2ccc(NCCCCN)cc2NC(C)=O)nc1C. The van der Waals surface area contributed by atoms with Gasteiger partial charge >= 0.3 is 0 Å². The number of amides is 2. The quantitative estimate of drug-likeness (QED) is 0.420. The molecule has 0 aliphatic carbocycles. The predicted octanol–water partition coefficient (Wildman–Crippen LogP) is 2.85. The Morgan fingerprint density at radius 2 is 2.00 bits per heavy atom. The minimum atomic E-state index is -0.329. The summed E-state index contributed by atoms with van der Waals surface area (Å²) in [4.78, 5) is 28.6. The second-order valence-electron chi connectivity index (χ2n) is 6.00. The van der Waals surface area contributed by atoms with Gasteiger partial charge in [-0.1, -0.05) is 11.3 Å². The number of carbonyl (C=O) groups is 2. The minimum absolute atomic E-state index is 0.244.